The molecule has 0 unspecified atom stereocenters. The highest BCUT2D eigenvalue weighted by molar-refractivity contribution is 5.78. The zero-order valence-electron chi connectivity index (χ0n) is 11.3. The van der Waals surface area contributed by atoms with E-state index in [0.717, 1.165) is 17.7 Å². The number of aliphatic carboxylic acids is 1. The molecular formula is C12H19F3N2O3. The number of carbonyl (C=O) groups excluding carboxylic acids is 1. The first-order valence-electron chi connectivity index (χ1n) is 6.45. The Morgan fingerprint density at radius 1 is 1.30 bits per heavy atom. The minimum Gasteiger partial charge on any atom is -0.481 e. The van der Waals surface area contributed by atoms with Crippen LogP contribution < -0.4 is 5.32 Å². The first-order chi connectivity index (χ1) is 9.16. The third kappa shape index (κ3) is 4.57. The molecule has 0 aliphatic heterocycles. The van der Waals surface area contributed by atoms with Gasteiger partial charge in [-0.1, -0.05) is 12.8 Å². The number of rotatable bonds is 5. The fraction of sp³-hybridized carbons (Fsp3) is 0.833. The van der Waals surface area contributed by atoms with Crippen molar-refractivity contribution in [1.29, 1.82) is 0 Å². The molecule has 116 valence electrons. The summed E-state index contributed by atoms with van der Waals surface area (Å²) in [6, 6.07) is -0.679. The molecule has 1 saturated carbocycles. The minimum absolute atomic E-state index is 0.0441. The Kier molecular flexibility index (Phi) is 5.24. The summed E-state index contributed by atoms with van der Waals surface area (Å²) in [5.74, 6) is -0.965. The number of amides is 2. The van der Waals surface area contributed by atoms with Crippen LogP contribution in [0.1, 0.15) is 32.1 Å². The molecule has 1 fully saturated rings. The summed E-state index contributed by atoms with van der Waals surface area (Å²) in [5.41, 5.74) is -0.972. The largest absolute Gasteiger partial charge is 0.481 e. The summed E-state index contributed by atoms with van der Waals surface area (Å²) < 4.78 is 36.1. The average Bonchev–Trinajstić information content (AvgIpc) is 2.82. The third-order valence-electron chi connectivity index (χ3n) is 3.67. The highest BCUT2D eigenvalue weighted by Gasteiger charge is 2.41. The molecule has 0 aromatic carbocycles. The molecule has 0 saturated heterocycles. The first-order valence-corrected chi connectivity index (χ1v) is 6.45. The zero-order chi connectivity index (χ0) is 15.4. The van der Waals surface area contributed by atoms with Gasteiger partial charge in [0, 0.05) is 20.1 Å². The van der Waals surface area contributed by atoms with Crippen molar-refractivity contribution in [3.8, 4) is 0 Å². The van der Waals surface area contributed by atoms with E-state index in [-0.39, 0.29) is 6.54 Å². The fourth-order valence-corrected chi connectivity index (χ4v) is 2.29. The molecule has 0 atom stereocenters. The molecule has 0 radical (unpaired) electrons. The molecule has 0 aromatic rings. The van der Waals surface area contributed by atoms with E-state index < -0.39 is 36.6 Å². The van der Waals surface area contributed by atoms with Crippen LogP contribution in [0.4, 0.5) is 18.0 Å². The Balaban J connectivity index is 2.44. The number of halogens is 3. The van der Waals surface area contributed by atoms with E-state index in [1.165, 1.54) is 7.05 Å². The van der Waals surface area contributed by atoms with Crippen molar-refractivity contribution >= 4 is 12.0 Å². The van der Waals surface area contributed by atoms with Gasteiger partial charge in [0.05, 0.1) is 11.8 Å². The first kappa shape index (κ1) is 16.6. The van der Waals surface area contributed by atoms with Crippen LogP contribution in [0, 0.1) is 5.41 Å². The molecule has 8 heteroatoms. The number of carbonyl (C=O) groups is 2. The van der Waals surface area contributed by atoms with E-state index in [0.29, 0.717) is 12.8 Å². The summed E-state index contributed by atoms with van der Waals surface area (Å²) >= 11 is 0. The quantitative estimate of drug-likeness (QED) is 0.817. The standard InChI is InChI=1S/C12H19F3N2O3/c1-17(7-6-12(13,14)15)10(20)16-8-11(9(18)19)4-2-3-5-11/h2-8H2,1H3,(H,16,20)(H,18,19). The number of alkyl halides is 3. The average molecular weight is 296 g/mol. The van der Waals surface area contributed by atoms with Crippen LogP contribution in [-0.4, -0.2) is 48.3 Å². The Hall–Kier alpha value is -1.47. The number of hydrogen-bond donors (Lipinski definition) is 2. The van der Waals surface area contributed by atoms with Gasteiger partial charge in [0.2, 0.25) is 0 Å². The van der Waals surface area contributed by atoms with Crippen LogP contribution >= 0.6 is 0 Å². The van der Waals surface area contributed by atoms with E-state index in [9.17, 15) is 27.9 Å². The smallest absolute Gasteiger partial charge is 0.390 e. The number of nitrogens with one attached hydrogen (secondary N) is 1. The molecule has 5 nitrogen and oxygen atoms in total. The van der Waals surface area contributed by atoms with Crippen molar-refractivity contribution in [2.45, 2.75) is 38.3 Å². The monoisotopic (exact) mass is 296 g/mol. The molecule has 2 N–H and O–H groups in total. The predicted molar refractivity (Wildman–Crippen MR) is 65.2 cm³/mol. The van der Waals surface area contributed by atoms with Gasteiger partial charge < -0.3 is 15.3 Å². The predicted octanol–water partition coefficient (Wildman–Crippen LogP) is 2.23. The van der Waals surface area contributed by atoms with Gasteiger partial charge in [-0.05, 0) is 12.8 Å². The van der Waals surface area contributed by atoms with Crippen molar-refractivity contribution in [3.05, 3.63) is 0 Å². The number of nitrogens with zero attached hydrogens (tertiary/aromatic N) is 1. The van der Waals surface area contributed by atoms with Gasteiger partial charge in [-0.25, -0.2) is 4.79 Å². The lowest BCUT2D eigenvalue weighted by Gasteiger charge is -2.26. The lowest BCUT2D eigenvalue weighted by atomic mass is 9.86. The molecular weight excluding hydrogens is 277 g/mol. The topological polar surface area (TPSA) is 69.6 Å². The Morgan fingerprint density at radius 3 is 2.30 bits per heavy atom. The SMILES string of the molecule is CN(CCC(F)(F)F)C(=O)NCC1(C(=O)O)CCCC1. The maximum absolute atomic E-state index is 12.0. The van der Waals surface area contributed by atoms with Crippen LogP contribution in [0.3, 0.4) is 0 Å². The van der Waals surface area contributed by atoms with Gasteiger partial charge in [-0.2, -0.15) is 13.2 Å². The minimum atomic E-state index is -4.32. The summed E-state index contributed by atoms with van der Waals surface area (Å²) in [6.45, 7) is -0.493. The van der Waals surface area contributed by atoms with E-state index in [1.54, 1.807) is 0 Å². The van der Waals surface area contributed by atoms with Crippen LogP contribution in [0.15, 0.2) is 0 Å². The Morgan fingerprint density at radius 2 is 1.85 bits per heavy atom. The second-order valence-electron chi connectivity index (χ2n) is 5.24. The lowest BCUT2D eigenvalue weighted by molar-refractivity contribution is -0.148. The van der Waals surface area contributed by atoms with Gasteiger partial charge in [0.25, 0.3) is 0 Å². The van der Waals surface area contributed by atoms with Crippen molar-refractivity contribution in [2.24, 2.45) is 5.41 Å². The lowest BCUT2D eigenvalue weighted by Crippen LogP contribution is -2.46. The van der Waals surface area contributed by atoms with Gasteiger partial charge in [-0.3, -0.25) is 4.79 Å². The zero-order valence-corrected chi connectivity index (χ0v) is 11.3. The van der Waals surface area contributed by atoms with Crippen LogP contribution in [0.2, 0.25) is 0 Å². The highest BCUT2D eigenvalue weighted by Crippen LogP contribution is 2.37. The van der Waals surface area contributed by atoms with Gasteiger partial charge in [0.15, 0.2) is 0 Å². The van der Waals surface area contributed by atoms with E-state index in [4.69, 9.17) is 0 Å². The third-order valence-corrected chi connectivity index (χ3v) is 3.67. The van der Waals surface area contributed by atoms with E-state index in [1.807, 2.05) is 0 Å². The van der Waals surface area contributed by atoms with Gasteiger partial charge in [-0.15, -0.1) is 0 Å². The van der Waals surface area contributed by atoms with Crippen LogP contribution in [0.25, 0.3) is 0 Å². The fourth-order valence-electron chi connectivity index (χ4n) is 2.29. The molecule has 2 amide bonds. The molecule has 0 heterocycles. The Bertz CT molecular complexity index is 365. The number of carboxylic acids is 1. The highest BCUT2D eigenvalue weighted by atomic mass is 19.4. The Labute approximate surface area is 115 Å². The number of hydrogen-bond acceptors (Lipinski definition) is 2. The number of urea groups is 1. The summed E-state index contributed by atoms with van der Waals surface area (Å²) in [7, 11) is 1.25. The molecule has 1 aliphatic carbocycles. The molecule has 20 heavy (non-hydrogen) atoms. The maximum Gasteiger partial charge on any atom is 0.390 e. The summed E-state index contributed by atoms with van der Waals surface area (Å²) in [5, 5.41) is 11.6. The second kappa shape index (κ2) is 6.32. The van der Waals surface area contributed by atoms with E-state index in [2.05, 4.69) is 5.32 Å². The van der Waals surface area contributed by atoms with Crippen molar-refractivity contribution in [1.82, 2.24) is 10.2 Å². The number of carboxylic acid groups (broad SMARTS) is 1. The van der Waals surface area contributed by atoms with Crippen molar-refractivity contribution < 1.29 is 27.9 Å². The summed E-state index contributed by atoms with van der Waals surface area (Å²) in [6.07, 6.45) is -2.87. The van der Waals surface area contributed by atoms with Gasteiger partial charge in [0.1, 0.15) is 0 Å². The van der Waals surface area contributed by atoms with Gasteiger partial charge >= 0.3 is 18.2 Å². The van der Waals surface area contributed by atoms with Crippen molar-refractivity contribution in [2.75, 3.05) is 20.1 Å². The molecule has 1 rings (SSSR count). The maximum atomic E-state index is 12.0. The summed E-state index contributed by atoms with van der Waals surface area (Å²) in [4.78, 5) is 23.8. The molecule has 0 bridgehead atoms. The molecule has 0 spiro atoms. The van der Waals surface area contributed by atoms with Crippen LogP contribution in [0.5, 0.6) is 0 Å². The van der Waals surface area contributed by atoms with Crippen LogP contribution in [-0.2, 0) is 4.79 Å². The molecule has 0 aromatic heterocycles. The normalized spacial score (nSPS) is 17.8. The second-order valence-corrected chi connectivity index (χ2v) is 5.24. The van der Waals surface area contributed by atoms with Crippen molar-refractivity contribution in [3.63, 3.8) is 0 Å². The molecule has 1 aliphatic rings. The van der Waals surface area contributed by atoms with E-state index >= 15 is 0 Å².